The van der Waals surface area contributed by atoms with E-state index in [1.807, 2.05) is 19.1 Å². The highest BCUT2D eigenvalue weighted by molar-refractivity contribution is 5.78. The molecule has 0 saturated heterocycles. The van der Waals surface area contributed by atoms with E-state index in [2.05, 4.69) is 15.0 Å². The average molecular weight is 238 g/mol. The summed E-state index contributed by atoms with van der Waals surface area (Å²) >= 11 is 0. The lowest BCUT2D eigenvalue weighted by molar-refractivity contribution is -0.160. The zero-order valence-corrected chi connectivity index (χ0v) is 10.3. The molecular formula is C12H18N2O3. The van der Waals surface area contributed by atoms with Crippen molar-refractivity contribution in [3.05, 3.63) is 30.1 Å². The van der Waals surface area contributed by atoms with Crippen LogP contribution in [-0.4, -0.2) is 35.3 Å². The molecule has 0 radical (unpaired) electrons. The van der Waals surface area contributed by atoms with E-state index < -0.39 is 11.6 Å². The molecule has 1 rings (SSSR count). The van der Waals surface area contributed by atoms with E-state index in [-0.39, 0.29) is 12.6 Å². The third kappa shape index (κ3) is 3.80. The minimum atomic E-state index is -1.52. The molecule has 5 nitrogen and oxygen atoms in total. The molecule has 0 amide bonds. The van der Waals surface area contributed by atoms with Gasteiger partial charge in [0.25, 0.3) is 0 Å². The maximum Gasteiger partial charge on any atom is 0.338 e. The normalized spacial score (nSPS) is 16.0. The van der Waals surface area contributed by atoms with Crippen LogP contribution in [0.4, 0.5) is 0 Å². The van der Waals surface area contributed by atoms with Gasteiger partial charge < -0.3 is 15.2 Å². The van der Waals surface area contributed by atoms with Gasteiger partial charge in [0.15, 0.2) is 5.60 Å². The molecule has 1 aromatic heterocycles. The second-order valence-electron chi connectivity index (χ2n) is 4.15. The molecule has 0 aliphatic rings. The molecule has 2 N–H and O–H groups in total. The van der Waals surface area contributed by atoms with Crippen LogP contribution in [0.5, 0.6) is 0 Å². The number of aliphatic hydroxyl groups is 1. The summed E-state index contributed by atoms with van der Waals surface area (Å²) in [4.78, 5) is 15.2. The van der Waals surface area contributed by atoms with Crippen LogP contribution in [0, 0.1) is 0 Å². The fourth-order valence-electron chi connectivity index (χ4n) is 1.41. The first-order valence-electron chi connectivity index (χ1n) is 5.41. The van der Waals surface area contributed by atoms with E-state index in [9.17, 15) is 9.90 Å². The number of esters is 1. The smallest absolute Gasteiger partial charge is 0.338 e. The van der Waals surface area contributed by atoms with Crippen LogP contribution in [0.25, 0.3) is 0 Å². The van der Waals surface area contributed by atoms with Gasteiger partial charge in [-0.2, -0.15) is 0 Å². The quantitative estimate of drug-likeness (QED) is 0.737. The summed E-state index contributed by atoms with van der Waals surface area (Å²) in [6, 6.07) is 3.78. The lowest BCUT2D eigenvalue weighted by Crippen LogP contribution is -2.46. The molecular weight excluding hydrogens is 220 g/mol. The van der Waals surface area contributed by atoms with Gasteiger partial charge in [-0.3, -0.25) is 4.98 Å². The van der Waals surface area contributed by atoms with Gasteiger partial charge in [-0.15, -0.1) is 0 Å². The molecule has 0 aliphatic carbocycles. The van der Waals surface area contributed by atoms with Crippen LogP contribution in [0.2, 0.25) is 0 Å². The monoisotopic (exact) mass is 238 g/mol. The SMILES string of the molecule is COC(=O)C(C)(O)CN[C@@H](C)c1ccncc1. The van der Waals surface area contributed by atoms with Gasteiger partial charge in [-0.1, -0.05) is 0 Å². The van der Waals surface area contributed by atoms with Crippen molar-refractivity contribution in [1.82, 2.24) is 10.3 Å². The second-order valence-corrected chi connectivity index (χ2v) is 4.15. The fourth-order valence-corrected chi connectivity index (χ4v) is 1.41. The number of nitrogens with zero attached hydrogens (tertiary/aromatic N) is 1. The summed E-state index contributed by atoms with van der Waals surface area (Å²) in [6.07, 6.45) is 3.40. The standard InChI is InChI=1S/C12H18N2O3/c1-9(10-4-6-13-7-5-10)14-8-12(2,16)11(15)17-3/h4-7,9,14,16H,8H2,1-3H3/t9-,12?/m0/s1. The van der Waals surface area contributed by atoms with Crippen molar-refractivity contribution in [2.24, 2.45) is 0 Å². The highest BCUT2D eigenvalue weighted by Crippen LogP contribution is 2.12. The second kappa shape index (κ2) is 5.75. The van der Waals surface area contributed by atoms with Gasteiger partial charge in [0.2, 0.25) is 0 Å². The number of pyridine rings is 1. The van der Waals surface area contributed by atoms with Crippen molar-refractivity contribution in [3.63, 3.8) is 0 Å². The Balaban J connectivity index is 2.54. The molecule has 2 atom stereocenters. The van der Waals surface area contributed by atoms with Crippen molar-refractivity contribution in [3.8, 4) is 0 Å². The Labute approximate surface area is 101 Å². The molecule has 1 heterocycles. The molecule has 0 bridgehead atoms. The lowest BCUT2D eigenvalue weighted by Gasteiger charge is -2.23. The van der Waals surface area contributed by atoms with Gasteiger partial charge in [0.1, 0.15) is 0 Å². The summed E-state index contributed by atoms with van der Waals surface area (Å²) in [5, 5.41) is 12.9. The van der Waals surface area contributed by atoms with Gasteiger partial charge in [0, 0.05) is 25.0 Å². The Morgan fingerprint density at radius 2 is 2.18 bits per heavy atom. The first-order valence-corrected chi connectivity index (χ1v) is 5.41. The molecule has 0 aromatic carbocycles. The number of carbonyl (C=O) groups is 1. The van der Waals surface area contributed by atoms with E-state index in [1.54, 1.807) is 12.4 Å². The summed E-state index contributed by atoms with van der Waals surface area (Å²) in [7, 11) is 1.25. The number of rotatable bonds is 5. The van der Waals surface area contributed by atoms with Crippen molar-refractivity contribution < 1.29 is 14.6 Å². The molecule has 0 spiro atoms. The molecule has 94 valence electrons. The van der Waals surface area contributed by atoms with Crippen LogP contribution >= 0.6 is 0 Å². The Kier molecular flexibility index (Phi) is 4.60. The molecule has 0 saturated carbocycles. The minimum absolute atomic E-state index is 0.0223. The van der Waals surface area contributed by atoms with Crippen LogP contribution in [0.1, 0.15) is 25.5 Å². The van der Waals surface area contributed by atoms with Gasteiger partial charge in [-0.05, 0) is 31.5 Å². The summed E-state index contributed by atoms with van der Waals surface area (Å²) < 4.78 is 4.51. The van der Waals surface area contributed by atoms with E-state index in [4.69, 9.17) is 0 Å². The van der Waals surface area contributed by atoms with Crippen molar-refractivity contribution in [2.45, 2.75) is 25.5 Å². The third-order valence-corrected chi connectivity index (χ3v) is 2.58. The Bertz CT molecular complexity index is 365. The van der Waals surface area contributed by atoms with E-state index in [0.29, 0.717) is 0 Å². The number of nitrogens with one attached hydrogen (secondary N) is 1. The molecule has 5 heteroatoms. The number of methoxy groups -OCH3 is 1. The zero-order valence-electron chi connectivity index (χ0n) is 10.3. The van der Waals surface area contributed by atoms with Gasteiger partial charge >= 0.3 is 5.97 Å². The maximum absolute atomic E-state index is 11.3. The predicted molar refractivity (Wildman–Crippen MR) is 63.3 cm³/mol. The van der Waals surface area contributed by atoms with Crippen LogP contribution in [0.15, 0.2) is 24.5 Å². The number of ether oxygens (including phenoxy) is 1. The minimum Gasteiger partial charge on any atom is -0.467 e. The summed E-state index contributed by atoms with van der Waals surface area (Å²) in [5.41, 5.74) is -0.476. The highest BCUT2D eigenvalue weighted by atomic mass is 16.5. The zero-order chi connectivity index (χ0) is 12.9. The molecule has 1 aromatic rings. The summed E-state index contributed by atoms with van der Waals surface area (Å²) in [5.74, 6) is -0.646. The van der Waals surface area contributed by atoms with Crippen molar-refractivity contribution in [2.75, 3.05) is 13.7 Å². The Morgan fingerprint density at radius 1 is 1.59 bits per heavy atom. The van der Waals surface area contributed by atoms with Crippen LogP contribution in [-0.2, 0) is 9.53 Å². The first kappa shape index (κ1) is 13.6. The number of carbonyl (C=O) groups excluding carboxylic acids is 1. The topological polar surface area (TPSA) is 71.5 Å². The van der Waals surface area contributed by atoms with Gasteiger partial charge in [-0.25, -0.2) is 4.79 Å². The predicted octanol–water partition coefficient (Wildman–Crippen LogP) is 0.656. The van der Waals surface area contributed by atoms with E-state index in [0.717, 1.165) is 5.56 Å². The van der Waals surface area contributed by atoms with Crippen LogP contribution < -0.4 is 5.32 Å². The molecule has 17 heavy (non-hydrogen) atoms. The average Bonchev–Trinajstić information content (AvgIpc) is 2.36. The number of hydrogen-bond acceptors (Lipinski definition) is 5. The Morgan fingerprint density at radius 3 is 2.71 bits per heavy atom. The summed E-state index contributed by atoms with van der Waals surface area (Å²) in [6.45, 7) is 3.50. The van der Waals surface area contributed by atoms with Gasteiger partial charge in [0.05, 0.1) is 7.11 Å². The third-order valence-electron chi connectivity index (χ3n) is 2.58. The molecule has 0 fully saturated rings. The number of hydrogen-bond donors (Lipinski definition) is 2. The van der Waals surface area contributed by atoms with Crippen molar-refractivity contribution >= 4 is 5.97 Å². The number of aromatic nitrogens is 1. The maximum atomic E-state index is 11.3. The lowest BCUT2D eigenvalue weighted by atomic mass is 10.1. The molecule has 1 unspecified atom stereocenters. The van der Waals surface area contributed by atoms with Crippen molar-refractivity contribution in [1.29, 1.82) is 0 Å². The van der Waals surface area contributed by atoms with Crippen LogP contribution in [0.3, 0.4) is 0 Å². The van der Waals surface area contributed by atoms with E-state index in [1.165, 1.54) is 14.0 Å². The largest absolute Gasteiger partial charge is 0.467 e. The molecule has 0 aliphatic heterocycles. The first-order chi connectivity index (χ1) is 7.97. The highest BCUT2D eigenvalue weighted by Gasteiger charge is 2.31. The Hall–Kier alpha value is -1.46. The fraction of sp³-hybridized carbons (Fsp3) is 0.500. The van der Waals surface area contributed by atoms with E-state index >= 15 is 0 Å².